The topological polar surface area (TPSA) is 59.7 Å². The van der Waals surface area contributed by atoms with E-state index in [0.717, 1.165) is 0 Å². The molecule has 0 unspecified atom stereocenters. The van der Waals surface area contributed by atoms with Crippen molar-refractivity contribution in [2.24, 2.45) is 0 Å². The van der Waals surface area contributed by atoms with Gasteiger partial charge in [0.2, 0.25) is 0 Å². The largest absolute Gasteiger partial charge is 0 e. The van der Waals surface area contributed by atoms with Crippen LogP contribution in [0.2, 0.25) is 0 Å². The van der Waals surface area contributed by atoms with Crippen molar-refractivity contribution < 1.29 is 56.2 Å². The molecule has 1 rings (SSSR count). The van der Waals surface area contributed by atoms with E-state index in [1.165, 1.54) is 19.3 Å². The van der Waals surface area contributed by atoms with E-state index >= 15 is 0 Å². The Morgan fingerprint density at radius 2 is 0.955 bits per heavy atom. The second kappa shape index (κ2) is 15.0. The van der Waals surface area contributed by atoms with Gasteiger partial charge in [0.1, 0.15) is 0 Å². The smallest absolute Gasteiger partial charge is 0 e. The van der Waals surface area contributed by atoms with Gasteiger partial charge >= 0.3 is 66.9 Å². The van der Waals surface area contributed by atoms with Crippen molar-refractivity contribution in [2.75, 3.05) is 0 Å². The van der Waals surface area contributed by atoms with Crippen LogP contribution in [0.3, 0.4) is 0 Å². The molecule has 128 valence electrons. The zero-order valence-corrected chi connectivity index (χ0v) is 12.8. The Balaban J connectivity index is -0.0000000635. The number of rotatable bonds is 0. The van der Waals surface area contributed by atoms with Crippen molar-refractivity contribution in [1.82, 2.24) is 0 Å². The Bertz CT molecular complexity index is 331. The summed E-state index contributed by atoms with van der Waals surface area (Å²) in [5.74, 6) is 0. The molecular formula is C11H11F6FeO3P. The van der Waals surface area contributed by atoms with Crippen LogP contribution in [-0.2, 0) is 31.0 Å². The molecule has 0 bridgehead atoms. The Hall–Kier alpha value is -0.901. The minimum Gasteiger partial charge on any atom is 0 e. The molecule has 0 saturated carbocycles. The zero-order chi connectivity index (χ0) is 18.1. The van der Waals surface area contributed by atoms with Crippen LogP contribution in [0.4, 0.5) is 25.2 Å². The molecular weight excluding hydrogens is 381 g/mol. The molecule has 0 aromatic carbocycles. The van der Waals surface area contributed by atoms with Gasteiger partial charge in [0, 0.05) is 60.6 Å². The minimum absolute atomic E-state index is 0. The molecule has 0 aromatic heterocycles. The van der Waals surface area contributed by atoms with Crippen molar-refractivity contribution in [3.8, 4) is 0 Å². The number of halogens is 6. The fourth-order valence-corrected chi connectivity index (χ4v) is 0.767. The van der Waals surface area contributed by atoms with Gasteiger partial charge in [0.15, 0.2) is 0 Å². The molecule has 0 aromatic rings. The average Bonchev–Trinajstić information content (AvgIpc) is 2.32. The molecule has 1 aliphatic rings. The van der Waals surface area contributed by atoms with Gasteiger partial charge in [-0.1, -0.05) is 0 Å². The summed E-state index contributed by atoms with van der Waals surface area (Å²) in [5.41, 5.74) is 0. The Morgan fingerprint density at radius 3 is 1.18 bits per heavy atom. The molecule has 22 heavy (non-hydrogen) atoms. The molecule has 3 nitrogen and oxygen atoms in total. The summed E-state index contributed by atoms with van der Waals surface area (Å²) in [4.78, 5) is 0. The Labute approximate surface area is 134 Å². The van der Waals surface area contributed by atoms with Crippen molar-refractivity contribution in [3.05, 3.63) is 50.7 Å². The first-order valence-corrected chi connectivity index (χ1v) is 6.80. The maximum Gasteiger partial charge on any atom is 0 e. The third-order valence-electron chi connectivity index (χ3n) is 1.24. The van der Waals surface area contributed by atoms with Crippen molar-refractivity contribution in [3.63, 3.8) is 0 Å². The molecule has 0 amide bonds. The van der Waals surface area contributed by atoms with Gasteiger partial charge in [0.05, 0.1) is 0 Å². The number of hydrogen-bond donors (Lipinski definition) is 0. The molecule has 0 radical (unpaired) electrons. The summed E-state index contributed by atoms with van der Waals surface area (Å²) in [6.07, 6.45) is 14.5. The predicted molar refractivity (Wildman–Crippen MR) is 61.8 cm³/mol. The van der Waals surface area contributed by atoms with Crippen LogP contribution in [0.25, 0.3) is 0 Å². The van der Waals surface area contributed by atoms with Crippen LogP contribution in [0.1, 0.15) is 19.3 Å². The zero-order valence-electron chi connectivity index (χ0n) is 10.8. The second-order valence-corrected chi connectivity index (χ2v) is 4.85. The van der Waals surface area contributed by atoms with E-state index in [4.69, 9.17) is 14.0 Å². The second-order valence-electron chi connectivity index (χ2n) is 2.94. The van der Waals surface area contributed by atoms with Crippen LogP contribution in [0.5, 0.6) is 0 Å². The molecule has 0 spiro atoms. The number of hydrogen-bond acceptors (Lipinski definition) is 0. The summed E-state index contributed by atoms with van der Waals surface area (Å²) >= 11 is 0. The van der Waals surface area contributed by atoms with Crippen LogP contribution >= 0.6 is 7.81 Å². The van der Waals surface area contributed by atoms with Gasteiger partial charge in [0.25, 0.3) is 0 Å². The molecule has 0 atom stereocenters. The fourth-order valence-electron chi connectivity index (χ4n) is 0.767. The molecule has 11 heteroatoms. The number of allylic oxidation sites excluding steroid dienone is 4. The molecule has 0 fully saturated rings. The van der Waals surface area contributed by atoms with Crippen LogP contribution in [0, 0.1) is 26.4 Å². The van der Waals surface area contributed by atoms with E-state index in [1.807, 2.05) is 0 Å². The van der Waals surface area contributed by atoms with Crippen molar-refractivity contribution in [1.29, 1.82) is 0 Å². The third-order valence-corrected chi connectivity index (χ3v) is 1.24. The van der Waals surface area contributed by atoms with Gasteiger partial charge < -0.3 is 0 Å². The van der Waals surface area contributed by atoms with Crippen LogP contribution < -0.4 is 0 Å². The normalized spacial score (nSPS) is 17.5. The molecule has 0 saturated heterocycles. The van der Waals surface area contributed by atoms with E-state index in [0.29, 0.717) is 0 Å². The molecule has 0 heterocycles. The van der Waals surface area contributed by atoms with Crippen molar-refractivity contribution >= 4 is 7.81 Å². The summed E-state index contributed by atoms with van der Waals surface area (Å²) in [5, 5.41) is 0. The fraction of sp³-hybridized carbons (Fsp3) is 0.273. The van der Waals surface area contributed by atoms with Crippen LogP contribution in [0.15, 0.2) is 24.3 Å². The SMILES string of the molecule is C1=C\CCC/C=C\[CH+]/1.F[P-](F)(F)(F)(F)F.[C-]#[O+].[C-]#[O+].[C-]#[O+].[Fe]. The first-order valence-electron chi connectivity index (χ1n) is 4.78. The summed E-state index contributed by atoms with van der Waals surface area (Å²) in [6.45, 7) is 13.5. The van der Waals surface area contributed by atoms with Gasteiger partial charge in [-0.25, -0.2) is 0 Å². The molecule has 0 aliphatic heterocycles. The van der Waals surface area contributed by atoms with Crippen molar-refractivity contribution in [2.45, 2.75) is 19.3 Å². The van der Waals surface area contributed by atoms with Gasteiger partial charge in [-0.3, -0.25) is 0 Å². The molecule has 0 N–H and O–H groups in total. The quantitative estimate of drug-likeness (QED) is 0.166. The standard InChI is InChI=1S/C8H11.3CO.F6P.Fe/c1-2-4-6-8-7-5-3-1;3*1-2;1-7(2,3,4,5)6;/h1-5H,6-8H2;;;;;/q+1;;;;-1;/b4-2-,5-3-;;;;;. The maximum absolute atomic E-state index is 10.7. The van der Waals surface area contributed by atoms with Gasteiger partial charge in [-0.15, -0.1) is 0 Å². The van der Waals surface area contributed by atoms with E-state index in [2.05, 4.69) is 50.7 Å². The maximum atomic E-state index is 9.87. The summed E-state index contributed by atoms with van der Waals surface area (Å²) < 4.78 is 81.7. The first-order chi connectivity index (χ1) is 9.45. The van der Waals surface area contributed by atoms with E-state index in [1.54, 1.807) is 0 Å². The van der Waals surface area contributed by atoms with Gasteiger partial charge in [-0.05, 0) is 6.42 Å². The first kappa shape index (κ1) is 32.9. The van der Waals surface area contributed by atoms with E-state index in [9.17, 15) is 25.2 Å². The molecule has 1 aliphatic carbocycles. The van der Waals surface area contributed by atoms with E-state index < -0.39 is 7.81 Å². The van der Waals surface area contributed by atoms with E-state index in [-0.39, 0.29) is 17.1 Å². The minimum atomic E-state index is -10.7. The average molecular weight is 392 g/mol. The Kier molecular flexibility index (Phi) is 22.4. The third kappa shape index (κ3) is 124. The predicted octanol–water partition coefficient (Wildman–Crippen LogP) is 5.75. The summed E-state index contributed by atoms with van der Waals surface area (Å²) in [6, 6.07) is 0. The van der Waals surface area contributed by atoms with Crippen LogP contribution in [-0.4, -0.2) is 0 Å². The van der Waals surface area contributed by atoms with Gasteiger partial charge in [-0.2, -0.15) is 0 Å². The monoisotopic (exact) mass is 392 g/mol. The summed E-state index contributed by atoms with van der Waals surface area (Å²) in [7, 11) is -10.7. The Morgan fingerprint density at radius 1 is 0.727 bits per heavy atom.